The van der Waals surface area contributed by atoms with Crippen LogP contribution in [-0.2, 0) is 6.18 Å². The summed E-state index contributed by atoms with van der Waals surface area (Å²) in [4.78, 5) is 17.4. The van der Waals surface area contributed by atoms with Crippen molar-refractivity contribution in [3.05, 3.63) is 77.9 Å². The van der Waals surface area contributed by atoms with Crippen molar-refractivity contribution in [2.45, 2.75) is 26.1 Å². The first-order valence-corrected chi connectivity index (χ1v) is 11.5. The molecule has 0 aliphatic rings. The highest BCUT2D eigenvalue weighted by atomic mass is 19.4. The van der Waals surface area contributed by atoms with Crippen LogP contribution < -0.4 is 19.5 Å². The highest BCUT2D eigenvalue weighted by Crippen LogP contribution is 2.32. The van der Waals surface area contributed by atoms with Crippen molar-refractivity contribution in [2.24, 2.45) is 0 Å². The summed E-state index contributed by atoms with van der Waals surface area (Å²) in [5.41, 5.74) is 0.945. The van der Waals surface area contributed by atoms with Crippen LogP contribution in [0.2, 0.25) is 0 Å². The second-order valence-corrected chi connectivity index (χ2v) is 8.41. The molecule has 4 aromatic rings. The van der Waals surface area contributed by atoms with Crippen molar-refractivity contribution in [1.82, 2.24) is 14.8 Å². The highest BCUT2D eigenvalue weighted by molar-refractivity contribution is 6.08. The average molecular weight is 527 g/mol. The van der Waals surface area contributed by atoms with Gasteiger partial charge < -0.3 is 19.5 Å². The van der Waals surface area contributed by atoms with E-state index in [4.69, 9.17) is 14.2 Å². The minimum Gasteiger partial charge on any atom is -0.496 e. The number of benzene rings is 3. The Morgan fingerprint density at radius 1 is 0.921 bits per heavy atom. The summed E-state index contributed by atoms with van der Waals surface area (Å²) in [6, 6.07) is 16.5. The summed E-state index contributed by atoms with van der Waals surface area (Å²) in [7, 11) is 2.92. The third kappa shape index (κ3) is 5.72. The van der Waals surface area contributed by atoms with Gasteiger partial charge in [0.2, 0.25) is 0 Å². The lowest BCUT2D eigenvalue weighted by Gasteiger charge is -2.13. The predicted octanol–water partition coefficient (Wildman–Crippen LogP) is 6.01. The average Bonchev–Trinajstić information content (AvgIpc) is 3.31. The topological polar surface area (TPSA) is 87.5 Å². The lowest BCUT2D eigenvalue weighted by Crippen LogP contribution is -2.14. The zero-order chi connectivity index (χ0) is 27.4. The van der Waals surface area contributed by atoms with Gasteiger partial charge in [-0.05, 0) is 62.4 Å². The number of halogens is 3. The van der Waals surface area contributed by atoms with Gasteiger partial charge in [0.05, 0.1) is 31.6 Å². The number of anilines is 1. The van der Waals surface area contributed by atoms with Gasteiger partial charge in [0.1, 0.15) is 17.1 Å². The van der Waals surface area contributed by atoms with Gasteiger partial charge in [-0.1, -0.05) is 18.2 Å². The molecule has 0 fully saturated rings. The van der Waals surface area contributed by atoms with Crippen LogP contribution in [0, 0.1) is 0 Å². The number of amides is 1. The molecule has 0 spiro atoms. The summed E-state index contributed by atoms with van der Waals surface area (Å²) < 4.78 is 56.8. The molecule has 0 aliphatic heterocycles. The zero-order valence-electron chi connectivity index (χ0n) is 21.0. The molecule has 1 heterocycles. The van der Waals surface area contributed by atoms with Crippen molar-refractivity contribution in [3.63, 3.8) is 0 Å². The molecule has 198 valence electrons. The molecule has 0 aliphatic carbocycles. The van der Waals surface area contributed by atoms with E-state index in [1.165, 1.54) is 31.0 Å². The predicted molar refractivity (Wildman–Crippen MR) is 135 cm³/mol. The second-order valence-electron chi connectivity index (χ2n) is 8.41. The van der Waals surface area contributed by atoms with Crippen molar-refractivity contribution < 1.29 is 32.2 Å². The van der Waals surface area contributed by atoms with Crippen LogP contribution >= 0.6 is 0 Å². The molecule has 11 heteroatoms. The Balaban J connectivity index is 1.64. The van der Waals surface area contributed by atoms with E-state index in [-0.39, 0.29) is 17.7 Å². The van der Waals surface area contributed by atoms with Gasteiger partial charge in [0.25, 0.3) is 5.91 Å². The molecule has 0 bridgehead atoms. The Morgan fingerprint density at radius 3 is 2.05 bits per heavy atom. The van der Waals surface area contributed by atoms with E-state index in [0.717, 1.165) is 12.1 Å². The van der Waals surface area contributed by atoms with E-state index in [1.807, 2.05) is 13.8 Å². The van der Waals surface area contributed by atoms with Gasteiger partial charge in [-0.25, -0.2) is 4.68 Å². The first kappa shape index (κ1) is 26.5. The van der Waals surface area contributed by atoms with E-state index in [9.17, 15) is 18.0 Å². The minimum atomic E-state index is -4.45. The Kier molecular flexibility index (Phi) is 7.56. The second kappa shape index (κ2) is 10.8. The standard InChI is InChI=1S/C27H25F3N4O4/c1-16(2)38-26-32-24(17-8-10-18(11-9-17)27(28,29)30)34(33-26)20-14-12-19(13-15-20)31-25(35)23-21(36-3)6-5-7-22(23)37-4/h5-16H,1-4H3,(H,31,35). The van der Waals surface area contributed by atoms with Crippen LogP contribution in [-0.4, -0.2) is 41.0 Å². The molecule has 0 atom stereocenters. The first-order chi connectivity index (χ1) is 18.1. The third-order valence-corrected chi connectivity index (χ3v) is 5.42. The fourth-order valence-electron chi connectivity index (χ4n) is 3.68. The molecule has 0 saturated heterocycles. The first-order valence-electron chi connectivity index (χ1n) is 11.5. The van der Waals surface area contributed by atoms with Crippen molar-refractivity contribution in [3.8, 4) is 34.6 Å². The smallest absolute Gasteiger partial charge is 0.416 e. The molecule has 8 nitrogen and oxygen atoms in total. The minimum absolute atomic E-state index is 0.0792. The molecular weight excluding hydrogens is 501 g/mol. The van der Waals surface area contributed by atoms with E-state index in [2.05, 4.69) is 15.4 Å². The quantitative estimate of drug-likeness (QED) is 0.303. The van der Waals surface area contributed by atoms with Crippen molar-refractivity contribution >= 4 is 11.6 Å². The Bertz CT molecular complexity index is 1390. The number of nitrogens with zero attached hydrogens (tertiary/aromatic N) is 3. The summed E-state index contributed by atoms with van der Waals surface area (Å²) in [6.45, 7) is 3.62. The van der Waals surface area contributed by atoms with E-state index in [0.29, 0.717) is 34.3 Å². The van der Waals surface area contributed by atoms with Crippen LogP contribution in [0.5, 0.6) is 17.5 Å². The maximum atomic E-state index is 13.0. The van der Waals surface area contributed by atoms with Crippen molar-refractivity contribution in [2.75, 3.05) is 19.5 Å². The number of methoxy groups -OCH3 is 2. The lowest BCUT2D eigenvalue weighted by molar-refractivity contribution is -0.137. The maximum absolute atomic E-state index is 13.0. The van der Waals surface area contributed by atoms with E-state index in [1.54, 1.807) is 42.5 Å². The number of hydrogen-bond donors (Lipinski definition) is 1. The molecule has 3 aromatic carbocycles. The molecule has 38 heavy (non-hydrogen) atoms. The molecule has 1 amide bonds. The highest BCUT2D eigenvalue weighted by Gasteiger charge is 2.30. The summed E-state index contributed by atoms with van der Waals surface area (Å²) in [6.07, 6.45) is -4.66. The molecule has 1 aromatic heterocycles. The molecule has 0 unspecified atom stereocenters. The van der Waals surface area contributed by atoms with Gasteiger partial charge in [-0.2, -0.15) is 18.2 Å². The van der Waals surface area contributed by atoms with E-state index < -0.39 is 17.6 Å². The molecular formula is C27H25F3N4O4. The Morgan fingerprint density at radius 2 is 1.53 bits per heavy atom. The van der Waals surface area contributed by atoms with Crippen LogP contribution in [0.25, 0.3) is 17.1 Å². The van der Waals surface area contributed by atoms with Gasteiger partial charge in [-0.15, -0.1) is 5.10 Å². The number of hydrogen-bond acceptors (Lipinski definition) is 6. The maximum Gasteiger partial charge on any atom is 0.416 e. The fraction of sp³-hybridized carbons (Fsp3) is 0.222. The van der Waals surface area contributed by atoms with Gasteiger partial charge >= 0.3 is 12.2 Å². The number of aromatic nitrogens is 3. The van der Waals surface area contributed by atoms with Gasteiger partial charge in [-0.3, -0.25) is 4.79 Å². The van der Waals surface area contributed by atoms with Gasteiger partial charge in [0.15, 0.2) is 5.82 Å². The molecule has 0 saturated carbocycles. The Hall–Kier alpha value is -4.54. The number of carbonyl (C=O) groups is 1. The number of nitrogens with one attached hydrogen (secondary N) is 1. The normalized spacial score (nSPS) is 11.4. The summed E-state index contributed by atoms with van der Waals surface area (Å²) in [5.74, 6) is 0.593. The molecule has 0 radical (unpaired) electrons. The van der Waals surface area contributed by atoms with Crippen LogP contribution in [0.4, 0.5) is 18.9 Å². The summed E-state index contributed by atoms with van der Waals surface area (Å²) in [5, 5.41) is 7.20. The van der Waals surface area contributed by atoms with Crippen molar-refractivity contribution in [1.29, 1.82) is 0 Å². The van der Waals surface area contributed by atoms with Crippen LogP contribution in [0.1, 0.15) is 29.8 Å². The third-order valence-electron chi connectivity index (χ3n) is 5.42. The number of rotatable bonds is 8. The lowest BCUT2D eigenvalue weighted by atomic mass is 10.1. The van der Waals surface area contributed by atoms with Crippen LogP contribution in [0.15, 0.2) is 66.7 Å². The number of carbonyl (C=O) groups excluding carboxylic acids is 1. The van der Waals surface area contributed by atoms with Crippen LogP contribution in [0.3, 0.4) is 0 Å². The molecule has 1 N–H and O–H groups in total. The monoisotopic (exact) mass is 526 g/mol. The SMILES string of the molecule is COc1cccc(OC)c1C(=O)Nc1ccc(-n2nc(OC(C)C)nc2-c2ccc(C(F)(F)F)cc2)cc1. The zero-order valence-corrected chi connectivity index (χ0v) is 21.0. The van der Waals surface area contributed by atoms with Gasteiger partial charge in [0, 0.05) is 11.3 Å². The fourth-order valence-corrected chi connectivity index (χ4v) is 3.68. The largest absolute Gasteiger partial charge is 0.496 e. The number of alkyl halides is 3. The Labute approximate surface area is 217 Å². The number of ether oxygens (including phenoxy) is 3. The molecule has 4 rings (SSSR count). The van der Waals surface area contributed by atoms with E-state index >= 15 is 0 Å². The summed E-state index contributed by atoms with van der Waals surface area (Å²) >= 11 is 0.